The summed E-state index contributed by atoms with van der Waals surface area (Å²) in [6, 6.07) is 14.0. The van der Waals surface area contributed by atoms with Crippen LogP contribution in [-0.2, 0) is 20.9 Å². The second kappa shape index (κ2) is 8.04. The Morgan fingerprint density at radius 3 is 2.14 bits per heavy atom. The van der Waals surface area contributed by atoms with Crippen molar-refractivity contribution in [2.24, 2.45) is 0 Å². The highest BCUT2D eigenvalue weighted by molar-refractivity contribution is 6.22. The van der Waals surface area contributed by atoms with Gasteiger partial charge in [-0.3, -0.25) is 24.1 Å². The number of nitrogens with zero attached hydrogens (tertiary/aromatic N) is 1. The fourth-order valence-corrected chi connectivity index (χ4v) is 2.84. The summed E-state index contributed by atoms with van der Waals surface area (Å²) in [6.07, 6.45) is -1.05. The first kappa shape index (κ1) is 19.3. The molecule has 0 bridgehead atoms. The van der Waals surface area contributed by atoms with E-state index < -0.39 is 36.3 Å². The third kappa shape index (κ3) is 4.09. The molecule has 1 aliphatic rings. The van der Waals surface area contributed by atoms with Crippen LogP contribution in [0.2, 0.25) is 0 Å². The van der Waals surface area contributed by atoms with Crippen LogP contribution in [0.1, 0.15) is 38.8 Å². The molecule has 28 heavy (non-hydrogen) atoms. The molecule has 1 aliphatic heterocycles. The molecule has 1 heterocycles. The summed E-state index contributed by atoms with van der Waals surface area (Å²) >= 11 is 0. The van der Waals surface area contributed by atoms with Crippen molar-refractivity contribution in [3.05, 3.63) is 70.8 Å². The van der Waals surface area contributed by atoms with Crippen molar-refractivity contribution in [2.75, 3.05) is 6.54 Å². The predicted molar refractivity (Wildman–Crippen MR) is 100 cm³/mol. The van der Waals surface area contributed by atoms with Crippen LogP contribution >= 0.6 is 0 Å². The number of amides is 3. The summed E-state index contributed by atoms with van der Waals surface area (Å²) in [5, 5.41) is 2.69. The smallest absolute Gasteiger partial charge is 0.326 e. The van der Waals surface area contributed by atoms with Crippen molar-refractivity contribution < 1.29 is 23.9 Å². The van der Waals surface area contributed by atoms with Gasteiger partial charge in [-0.2, -0.15) is 0 Å². The zero-order valence-electron chi connectivity index (χ0n) is 15.6. The number of hydrogen-bond donors (Lipinski definition) is 1. The number of benzene rings is 2. The molecule has 0 spiro atoms. The van der Waals surface area contributed by atoms with Crippen LogP contribution in [0, 0.1) is 6.92 Å². The second-order valence-electron chi connectivity index (χ2n) is 6.58. The lowest BCUT2D eigenvalue weighted by atomic mass is 10.1. The zero-order valence-corrected chi connectivity index (χ0v) is 15.6. The summed E-state index contributed by atoms with van der Waals surface area (Å²) in [5.74, 6) is -2.38. The first-order valence-corrected chi connectivity index (χ1v) is 8.85. The number of carbonyl (C=O) groups is 4. The van der Waals surface area contributed by atoms with Crippen molar-refractivity contribution in [2.45, 2.75) is 26.5 Å². The summed E-state index contributed by atoms with van der Waals surface area (Å²) < 4.78 is 5.08. The number of rotatable bonds is 6. The maximum atomic E-state index is 12.3. The predicted octanol–water partition coefficient (Wildman–Crippen LogP) is 1.84. The van der Waals surface area contributed by atoms with Gasteiger partial charge in [0, 0.05) is 6.54 Å². The Morgan fingerprint density at radius 1 is 1.00 bits per heavy atom. The number of hydrogen-bond acceptors (Lipinski definition) is 5. The van der Waals surface area contributed by atoms with Gasteiger partial charge in [0.05, 0.1) is 11.1 Å². The number of fused-ring (bicyclic) bond motifs is 1. The summed E-state index contributed by atoms with van der Waals surface area (Å²) in [7, 11) is 0. The average molecular weight is 380 g/mol. The molecule has 0 fully saturated rings. The first-order valence-electron chi connectivity index (χ1n) is 8.85. The molecule has 3 rings (SSSR count). The molecule has 1 N–H and O–H groups in total. The van der Waals surface area contributed by atoms with Gasteiger partial charge in [0.2, 0.25) is 0 Å². The van der Waals surface area contributed by atoms with Crippen molar-refractivity contribution in [1.82, 2.24) is 10.2 Å². The number of aryl methyl sites for hydroxylation is 1. The highest BCUT2D eigenvalue weighted by Crippen LogP contribution is 2.22. The average Bonchev–Trinajstić information content (AvgIpc) is 2.92. The number of nitrogens with one attached hydrogen (secondary N) is 1. The number of ether oxygens (including phenoxy) is 1. The van der Waals surface area contributed by atoms with Crippen LogP contribution < -0.4 is 5.32 Å². The fraction of sp³-hybridized carbons (Fsp3) is 0.238. The highest BCUT2D eigenvalue weighted by Gasteiger charge is 2.37. The topological polar surface area (TPSA) is 92.8 Å². The molecule has 0 saturated carbocycles. The van der Waals surface area contributed by atoms with Gasteiger partial charge in [-0.25, -0.2) is 0 Å². The number of esters is 1. The van der Waals surface area contributed by atoms with Crippen LogP contribution in [0.25, 0.3) is 0 Å². The fourth-order valence-electron chi connectivity index (χ4n) is 2.84. The third-order valence-electron chi connectivity index (χ3n) is 4.43. The second-order valence-corrected chi connectivity index (χ2v) is 6.58. The molecule has 0 saturated heterocycles. The van der Waals surface area contributed by atoms with Gasteiger partial charge < -0.3 is 10.1 Å². The first-order chi connectivity index (χ1) is 13.4. The minimum absolute atomic E-state index is 0.254. The summed E-state index contributed by atoms with van der Waals surface area (Å²) in [5.41, 5.74) is 2.54. The lowest BCUT2D eigenvalue weighted by Gasteiger charge is -2.16. The van der Waals surface area contributed by atoms with Gasteiger partial charge in [0.25, 0.3) is 17.7 Å². The SMILES string of the molecule is Cc1ccc(CNC(=O)C(C)OC(=O)CN2C(=O)c3ccccc3C2=O)cc1. The molecule has 7 heteroatoms. The maximum Gasteiger partial charge on any atom is 0.326 e. The van der Waals surface area contributed by atoms with Crippen molar-refractivity contribution in [3.63, 3.8) is 0 Å². The molecule has 0 aliphatic carbocycles. The van der Waals surface area contributed by atoms with Crippen molar-refractivity contribution in [1.29, 1.82) is 0 Å². The van der Waals surface area contributed by atoms with E-state index in [1.165, 1.54) is 19.1 Å². The van der Waals surface area contributed by atoms with E-state index >= 15 is 0 Å². The molecule has 0 aromatic heterocycles. The van der Waals surface area contributed by atoms with E-state index in [9.17, 15) is 19.2 Å². The van der Waals surface area contributed by atoms with Crippen LogP contribution in [0.5, 0.6) is 0 Å². The highest BCUT2D eigenvalue weighted by atomic mass is 16.5. The number of imide groups is 1. The summed E-state index contributed by atoms with van der Waals surface area (Å²) in [4.78, 5) is 49.6. The van der Waals surface area contributed by atoms with Gasteiger partial charge >= 0.3 is 5.97 Å². The van der Waals surface area contributed by atoms with Crippen LogP contribution in [0.4, 0.5) is 0 Å². The van der Waals surface area contributed by atoms with E-state index in [2.05, 4.69) is 5.32 Å². The van der Waals surface area contributed by atoms with E-state index in [-0.39, 0.29) is 11.1 Å². The molecule has 3 amide bonds. The Bertz CT molecular complexity index is 901. The minimum Gasteiger partial charge on any atom is -0.451 e. The van der Waals surface area contributed by atoms with Crippen LogP contribution in [-0.4, -0.2) is 41.2 Å². The zero-order chi connectivity index (χ0) is 20.3. The van der Waals surface area contributed by atoms with Gasteiger partial charge in [-0.15, -0.1) is 0 Å². The van der Waals surface area contributed by atoms with Gasteiger partial charge in [0.1, 0.15) is 6.54 Å². The minimum atomic E-state index is -1.05. The lowest BCUT2D eigenvalue weighted by molar-refractivity contribution is -0.155. The largest absolute Gasteiger partial charge is 0.451 e. The van der Waals surface area contributed by atoms with E-state index in [1.807, 2.05) is 31.2 Å². The van der Waals surface area contributed by atoms with Gasteiger partial charge in [-0.1, -0.05) is 42.0 Å². The molecular formula is C21H20N2O5. The molecule has 2 aromatic carbocycles. The maximum absolute atomic E-state index is 12.3. The Balaban J connectivity index is 1.52. The van der Waals surface area contributed by atoms with E-state index in [1.54, 1.807) is 12.1 Å². The Morgan fingerprint density at radius 2 is 1.57 bits per heavy atom. The monoisotopic (exact) mass is 380 g/mol. The van der Waals surface area contributed by atoms with Gasteiger partial charge in [0.15, 0.2) is 6.10 Å². The van der Waals surface area contributed by atoms with E-state index in [0.717, 1.165) is 16.0 Å². The Kier molecular flexibility index (Phi) is 5.54. The third-order valence-corrected chi connectivity index (χ3v) is 4.43. The standard InChI is InChI=1S/C21H20N2O5/c1-13-7-9-15(10-8-13)11-22-19(25)14(2)28-18(24)12-23-20(26)16-5-3-4-6-17(16)21(23)27/h3-10,14H,11-12H2,1-2H3,(H,22,25). The van der Waals surface area contributed by atoms with Crippen molar-refractivity contribution in [3.8, 4) is 0 Å². The Hall–Kier alpha value is -3.48. The quantitative estimate of drug-likeness (QED) is 0.610. The molecule has 1 unspecified atom stereocenters. The molecular weight excluding hydrogens is 360 g/mol. The normalized spacial score (nSPS) is 13.9. The van der Waals surface area contributed by atoms with Crippen molar-refractivity contribution >= 4 is 23.7 Å². The lowest BCUT2D eigenvalue weighted by Crippen LogP contribution is -2.40. The molecule has 0 radical (unpaired) electrons. The van der Waals surface area contributed by atoms with Crippen LogP contribution in [0.15, 0.2) is 48.5 Å². The molecule has 1 atom stereocenters. The van der Waals surface area contributed by atoms with Gasteiger partial charge in [-0.05, 0) is 31.5 Å². The molecule has 7 nitrogen and oxygen atoms in total. The number of carbonyl (C=O) groups excluding carboxylic acids is 4. The molecule has 144 valence electrons. The molecule has 2 aromatic rings. The summed E-state index contributed by atoms with van der Waals surface area (Å²) in [6.45, 7) is 3.17. The van der Waals surface area contributed by atoms with E-state index in [4.69, 9.17) is 4.74 Å². The van der Waals surface area contributed by atoms with Crippen LogP contribution in [0.3, 0.4) is 0 Å². The van der Waals surface area contributed by atoms with E-state index in [0.29, 0.717) is 6.54 Å². The Labute approximate surface area is 162 Å².